The fourth-order valence-electron chi connectivity index (χ4n) is 3.07. The fourth-order valence-corrected chi connectivity index (χ4v) is 3.07. The van der Waals surface area contributed by atoms with E-state index in [1.54, 1.807) is 0 Å². The molecule has 2 atom stereocenters. The number of halogens is 1. The van der Waals surface area contributed by atoms with Crippen LogP contribution in [-0.4, -0.2) is 29.9 Å². The molecule has 1 amide bonds. The predicted molar refractivity (Wildman–Crippen MR) is 80.5 cm³/mol. The summed E-state index contributed by atoms with van der Waals surface area (Å²) in [4.78, 5) is 13.9. The van der Waals surface area contributed by atoms with Crippen LogP contribution < -0.4 is 5.73 Å². The molecule has 0 aliphatic carbocycles. The lowest BCUT2D eigenvalue weighted by molar-refractivity contribution is -0.130. The second-order valence-electron chi connectivity index (χ2n) is 4.93. The van der Waals surface area contributed by atoms with Crippen LogP contribution >= 0.6 is 12.4 Å². The van der Waals surface area contributed by atoms with Gasteiger partial charge in [0.15, 0.2) is 0 Å². The molecule has 1 aliphatic heterocycles. The first kappa shape index (κ1) is 16.0. The Morgan fingerprint density at radius 3 is 2.68 bits per heavy atom. The average molecular weight is 283 g/mol. The maximum atomic E-state index is 11.9. The number of benzene rings is 1. The standard InChI is InChI=1S/C15H22N2O.ClH/c1-2-13(12-7-4-3-5-8-12)14-9-6-10-17(14)15(18)11-16;/h3-5,7-8,13-14H,2,6,9-11,16H2,1H3;1H. The van der Waals surface area contributed by atoms with Crippen LogP contribution in [0.4, 0.5) is 0 Å². The molecule has 19 heavy (non-hydrogen) atoms. The summed E-state index contributed by atoms with van der Waals surface area (Å²) in [6.45, 7) is 3.19. The van der Waals surface area contributed by atoms with Crippen molar-refractivity contribution in [2.45, 2.75) is 38.1 Å². The number of rotatable bonds is 4. The summed E-state index contributed by atoms with van der Waals surface area (Å²) in [5.74, 6) is 0.524. The van der Waals surface area contributed by atoms with Crippen LogP contribution in [0.3, 0.4) is 0 Å². The third-order valence-corrected chi connectivity index (χ3v) is 3.93. The van der Waals surface area contributed by atoms with E-state index in [0.717, 1.165) is 25.8 Å². The Balaban J connectivity index is 0.00000180. The van der Waals surface area contributed by atoms with Gasteiger partial charge >= 0.3 is 0 Å². The van der Waals surface area contributed by atoms with Gasteiger partial charge in [-0.2, -0.15) is 0 Å². The fraction of sp³-hybridized carbons (Fsp3) is 0.533. The van der Waals surface area contributed by atoms with Gasteiger partial charge < -0.3 is 10.6 Å². The summed E-state index contributed by atoms with van der Waals surface area (Å²) < 4.78 is 0. The van der Waals surface area contributed by atoms with E-state index in [-0.39, 0.29) is 24.9 Å². The molecular weight excluding hydrogens is 260 g/mol. The van der Waals surface area contributed by atoms with Crippen LogP contribution in [0.25, 0.3) is 0 Å². The number of amides is 1. The summed E-state index contributed by atoms with van der Waals surface area (Å²) in [5.41, 5.74) is 6.84. The minimum absolute atomic E-state index is 0. The topological polar surface area (TPSA) is 46.3 Å². The van der Waals surface area contributed by atoms with E-state index in [0.29, 0.717) is 12.0 Å². The lowest BCUT2D eigenvalue weighted by Crippen LogP contribution is -2.42. The van der Waals surface area contributed by atoms with E-state index in [4.69, 9.17) is 5.73 Å². The van der Waals surface area contributed by atoms with Crippen LogP contribution in [0, 0.1) is 0 Å². The van der Waals surface area contributed by atoms with Gasteiger partial charge in [0.25, 0.3) is 0 Å². The van der Waals surface area contributed by atoms with Gasteiger partial charge in [-0.05, 0) is 24.8 Å². The highest BCUT2D eigenvalue weighted by atomic mass is 35.5. The zero-order valence-corrected chi connectivity index (χ0v) is 12.2. The molecule has 1 aliphatic rings. The highest BCUT2D eigenvalue weighted by Gasteiger charge is 2.33. The molecular formula is C15H23ClN2O. The summed E-state index contributed by atoms with van der Waals surface area (Å²) in [7, 11) is 0. The Bertz CT molecular complexity index is 396. The molecule has 2 unspecified atom stereocenters. The van der Waals surface area contributed by atoms with E-state index in [2.05, 4.69) is 31.2 Å². The lowest BCUT2D eigenvalue weighted by Gasteiger charge is -2.31. The number of carbonyl (C=O) groups is 1. The monoisotopic (exact) mass is 282 g/mol. The Labute approximate surface area is 121 Å². The van der Waals surface area contributed by atoms with Gasteiger partial charge in [0.05, 0.1) is 6.54 Å². The van der Waals surface area contributed by atoms with Crippen LogP contribution in [0.15, 0.2) is 30.3 Å². The average Bonchev–Trinajstić information content (AvgIpc) is 2.89. The molecule has 2 rings (SSSR count). The molecule has 106 valence electrons. The number of likely N-dealkylation sites (tertiary alicyclic amines) is 1. The predicted octanol–water partition coefficient (Wildman–Crippen LogP) is 2.55. The summed E-state index contributed by atoms with van der Waals surface area (Å²) in [6, 6.07) is 10.8. The minimum atomic E-state index is 0. The molecule has 1 heterocycles. The molecule has 0 saturated carbocycles. The van der Waals surface area contributed by atoms with Crippen LogP contribution in [0.5, 0.6) is 0 Å². The minimum Gasteiger partial charge on any atom is -0.338 e. The van der Waals surface area contributed by atoms with Crippen LogP contribution in [0.2, 0.25) is 0 Å². The second-order valence-corrected chi connectivity index (χ2v) is 4.93. The van der Waals surface area contributed by atoms with Crippen molar-refractivity contribution in [1.29, 1.82) is 0 Å². The van der Waals surface area contributed by atoms with Crippen molar-refractivity contribution in [3.8, 4) is 0 Å². The van der Waals surface area contributed by atoms with Crippen LogP contribution in [-0.2, 0) is 4.79 Å². The largest absolute Gasteiger partial charge is 0.338 e. The van der Waals surface area contributed by atoms with Crippen molar-refractivity contribution >= 4 is 18.3 Å². The number of hydrogen-bond acceptors (Lipinski definition) is 2. The van der Waals surface area contributed by atoms with Crippen molar-refractivity contribution in [1.82, 2.24) is 4.90 Å². The first-order chi connectivity index (χ1) is 8.77. The number of carbonyl (C=O) groups excluding carboxylic acids is 1. The first-order valence-corrected chi connectivity index (χ1v) is 6.82. The second kappa shape index (κ2) is 7.51. The Morgan fingerprint density at radius 1 is 1.42 bits per heavy atom. The van der Waals surface area contributed by atoms with E-state index < -0.39 is 0 Å². The smallest absolute Gasteiger partial charge is 0.236 e. The Morgan fingerprint density at radius 2 is 2.11 bits per heavy atom. The number of nitrogens with two attached hydrogens (primary N) is 1. The van der Waals surface area contributed by atoms with Crippen LogP contribution in [0.1, 0.15) is 37.7 Å². The third kappa shape index (κ3) is 3.48. The third-order valence-electron chi connectivity index (χ3n) is 3.93. The first-order valence-electron chi connectivity index (χ1n) is 6.82. The molecule has 2 N–H and O–H groups in total. The summed E-state index contributed by atoms with van der Waals surface area (Å²) in [5, 5.41) is 0. The molecule has 0 aromatic heterocycles. The molecule has 1 fully saturated rings. The highest BCUT2D eigenvalue weighted by Crippen LogP contribution is 2.33. The van der Waals surface area contributed by atoms with E-state index in [1.165, 1.54) is 5.56 Å². The summed E-state index contributed by atoms with van der Waals surface area (Å²) in [6.07, 6.45) is 3.25. The summed E-state index contributed by atoms with van der Waals surface area (Å²) >= 11 is 0. The Kier molecular flexibility index (Phi) is 6.32. The Hall–Kier alpha value is -1.06. The number of hydrogen-bond donors (Lipinski definition) is 1. The molecule has 1 aromatic carbocycles. The van der Waals surface area contributed by atoms with Gasteiger partial charge in [0.2, 0.25) is 5.91 Å². The van der Waals surface area contributed by atoms with E-state index in [1.807, 2.05) is 11.0 Å². The van der Waals surface area contributed by atoms with Gasteiger partial charge in [-0.1, -0.05) is 37.3 Å². The quantitative estimate of drug-likeness (QED) is 0.922. The van der Waals surface area contributed by atoms with Crippen molar-refractivity contribution in [2.24, 2.45) is 5.73 Å². The van der Waals surface area contributed by atoms with Gasteiger partial charge in [-0.25, -0.2) is 0 Å². The molecule has 3 nitrogen and oxygen atoms in total. The van der Waals surface area contributed by atoms with Gasteiger partial charge in [0, 0.05) is 18.5 Å². The van der Waals surface area contributed by atoms with E-state index in [9.17, 15) is 4.79 Å². The molecule has 0 radical (unpaired) electrons. The zero-order valence-electron chi connectivity index (χ0n) is 11.4. The maximum Gasteiger partial charge on any atom is 0.236 e. The lowest BCUT2D eigenvalue weighted by atomic mass is 9.87. The van der Waals surface area contributed by atoms with Gasteiger partial charge in [0.1, 0.15) is 0 Å². The SMILES string of the molecule is CCC(c1ccccc1)C1CCCN1C(=O)CN.Cl. The molecule has 1 saturated heterocycles. The van der Waals surface area contributed by atoms with Crippen molar-refractivity contribution in [3.05, 3.63) is 35.9 Å². The van der Waals surface area contributed by atoms with E-state index >= 15 is 0 Å². The normalized spacial score (nSPS) is 19.9. The molecule has 1 aromatic rings. The van der Waals surface area contributed by atoms with Gasteiger partial charge in [-0.15, -0.1) is 12.4 Å². The van der Waals surface area contributed by atoms with Crippen molar-refractivity contribution < 1.29 is 4.79 Å². The molecule has 0 bridgehead atoms. The van der Waals surface area contributed by atoms with Crippen molar-refractivity contribution in [3.63, 3.8) is 0 Å². The maximum absolute atomic E-state index is 11.9. The number of nitrogens with zero attached hydrogens (tertiary/aromatic N) is 1. The van der Waals surface area contributed by atoms with Crippen molar-refractivity contribution in [2.75, 3.05) is 13.1 Å². The highest BCUT2D eigenvalue weighted by molar-refractivity contribution is 5.85. The zero-order chi connectivity index (χ0) is 13.0. The molecule has 0 spiro atoms. The molecule has 4 heteroatoms. The van der Waals surface area contributed by atoms with Gasteiger partial charge in [-0.3, -0.25) is 4.79 Å².